The molecule has 6 nitrogen and oxygen atoms in total. The Morgan fingerprint density at radius 1 is 1.24 bits per heavy atom. The maximum atomic E-state index is 13.7. The number of nitrogens with zero attached hydrogens (tertiary/aromatic N) is 2. The molecule has 0 N–H and O–H groups in total. The third kappa shape index (κ3) is 3.46. The standard InChI is InChI=1S/C17H23FN2O4S/c1-12-4-13(6-14(18)5-12)7-20-16-8-19(15-10-23-11-15)9-17(16)24-2-3-25(20,21)22/h4-6,15-17H,2-3,7-11H2,1H3/t16-,17+/m1/s1. The third-order valence-electron chi connectivity index (χ3n) is 5.24. The van der Waals surface area contributed by atoms with E-state index in [1.807, 2.05) is 13.0 Å². The average molecular weight is 370 g/mol. The highest BCUT2D eigenvalue weighted by atomic mass is 32.2. The zero-order valence-electron chi connectivity index (χ0n) is 14.2. The second-order valence-corrected chi connectivity index (χ2v) is 9.16. The zero-order valence-corrected chi connectivity index (χ0v) is 15.0. The molecule has 0 bridgehead atoms. The van der Waals surface area contributed by atoms with E-state index in [2.05, 4.69) is 4.90 Å². The van der Waals surface area contributed by atoms with Crippen LogP contribution in [0.3, 0.4) is 0 Å². The van der Waals surface area contributed by atoms with Crippen molar-refractivity contribution in [1.82, 2.24) is 9.21 Å². The summed E-state index contributed by atoms with van der Waals surface area (Å²) in [6.07, 6.45) is -0.146. The summed E-state index contributed by atoms with van der Waals surface area (Å²) in [5.74, 6) is -0.365. The second-order valence-electron chi connectivity index (χ2n) is 7.12. The molecule has 138 valence electrons. The van der Waals surface area contributed by atoms with Gasteiger partial charge in [0.2, 0.25) is 10.0 Å². The van der Waals surface area contributed by atoms with E-state index in [-0.39, 0.29) is 36.9 Å². The molecule has 4 rings (SSSR count). The molecular weight excluding hydrogens is 347 g/mol. The Labute approximate surface area is 147 Å². The Bertz CT molecular complexity index is 733. The van der Waals surface area contributed by atoms with Gasteiger partial charge >= 0.3 is 0 Å². The number of likely N-dealkylation sites (tertiary alicyclic amines) is 1. The van der Waals surface area contributed by atoms with Crippen LogP contribution in [0.1, 0.15) is 11.1 Å². The molecule has 0 aliphatic carbocycles. The van der Waals surface area contributed by atoms with Crippen molar-refractivity contribution in [3.05, 3.63) is 35.1 Å². The van der Waals surface area contributed by atoms with Crippen LogP contribution in [-0.2, 0) is 26.0 Å². The van der Waals surface area contributed by atoms with Crippen molar-refractivity contribution in [2.24, 2.45) is 0 Å². The van der Waals surface area contributed by atoms with Crippen molar-refractivity contribution in [3.63, 3.8) is 0 Å². The number of aryl methyl sites for hydroxylation is 1. The van der Waals surface area contributed by atoms with Crippen molar-refractivity contribution < 1.29 is 22.3 Å². The number of benzene rings is 1. The van der Waals surface area contributed by atoms with Gasteiger partial charge in [0.1, 0.15) is 5.82 Å². The lowest BCUT2D eigenvalue weighted by Crippen LogP contribution is -2.50. The zero-order chi connectivity index (χ0) is 17.6. The Balaban J connectivity index is 1.61. The largest absolute Gasteiger partial charge is 0.378 e. The summed E-state index contributed by atoms with van der Waals surface area (Å²) in [5, 5.41) is 0. The lowest BCUT2D eigenvalue weighted by Gasteiger charge is -2.35. The highest BCUT2D eigenvalue weighted by molar-refractivity contribution is 7.89. The van der Waals surface area contributed by atoms with Crippen LogP contribution in [-0.4, -0.2) is 74.5 Å². The molecule has 2 atom stereocenters. The number of sulfonamides is 1. The molecule has 3 saturated heterocycles. The first-order valence-corrected chi connectivity index (χ1v) is 10.2. The lowest BCUT2D eigenvalue weighted by atomic mass is 10.1. The number of rotatable bonds is 3. The molecule has 1 aromatic rings. The van der Waals surface area contributed by atoms with Crippen molar-refractivity contribution in [1.29, 1.82) is 0 Å². The van der Waals surface area contributed by atoms with Gasteiger partial charge in [-0.15, -0.1) is 0 Å². The van der Waals surface area contributed by atoms with Gasteiger partial charge in [0, 0.05) is 19.6 Å². The van der Waals surface area contributed by atoms with Crippen molar-refractivity contribution in [3.8, 4) is 0 Å². The smallest absolute Gasteiger partial charge is 0.217 e. The summed E-state index contributed by atoms with van der Waals surface area (Å²) in [6.45, 7) is 4.92. The molecule has 25 heavy (non-hydrogen) atoms. The molecule has 0 saturated carbocycles. The number of hydrogen-bond acceptors (Lipinski definition) is 5. The van der Waals surface area contributed by atoms with Gasteiger partial charge in [0.25, 0.3) is 0 Å². The minimum absolute atomic E-state index is 0.0269. The lowest BCUT2D eigenvalue weighted by molar-refractivity contribution is -0.0619. The third-order valence-corrected chi connectivity index (χ3v) is 7.04. The molecule has 3 fully saturated rings. The van der Waals surface area contributed by atoms with Crippen LogP contribution in [0.15, 0.2) is 18.2 Å². The summed E-state index contributed by atoms with van der Waals surface area (Å²) in [6, 6.07) is 4.80. The van der Waals surface area contributed by atoms with E-state index in [0.29, 0.717) is 37.9 Å². The first-order chi connectivity index (χ1) is 11.9. The summed E-state index contributed by atoms with van der Waals surface area (Å²) >= 11 is 0. The maximum absolute atomic E-state index is 13.7. The molecule has 0 unspecified atom stereocenters. The molecule has 3 aliphatic heterocycles. The van der Waals surface area contributed by atoms with Gasteiger partial charge in [0.05, 0.1) is 43.8 Å². The van der Waals surface area contributed by atoms with E-state index in [9.17, 15) is 12.8 Å². The fraction of sp³-hybridized carbons (Fsp3) is 0.647. The minimum Gasteiger partial charge on any atom is -0.378 e. The minimum atomic E-state index is -3.45. The molecule has 8 heteroatoms. The van der Waals surface area contributed by atoms with E-state index < -0.39 is 10.0 Å². The fourth-order valence-corrected chi connectivity index (χ4v) is 5.39. The number of ether oxygens (including phenoxy) is 2. The van der Waals surface area contributed by atoms with Crippen LogP contribution < -0.4 is 0 Å². The van der Waals surface area contributed by atoms with Crippen molar-refractivity contribution in [2.45, 2.75) is 31.7 Å². The van der Waals surface area contributed by atoms with Crippen LogP contribution in [0.2, 0.25) is 0 Å². The van der Waals surface area contributed by atoms with Gasteiger partial charge in [-0.2, -0.15) is 4.31 Å². The first kappa shape index (κ1) is 17.4. The Hall–Kier alpha value is -1.06. The second kappa shape index (κ2) is 6.59. The normalized spacial score (nSPS) is 30.6. The van der Waals surface area contributed by atoms with Gasteiger partial charge in [-0.1, -0.05) is 6.07 Å². The molecule has 0 amide bonds. The molecule has 0 aromatic heterocycles. The van der Waals surface area contributed by atoms with Gasteiger partial charge in [0.15, 0.2) is 0 Å². The van der Waals surface area contributed by atoms with Crippen LogP contribution in [0.5, 0.6) is 0 Å². The molecule has 3 aliphatic rings. The van der Waals surface area contributed by atoms with Gasteiger partial charge in [-0.25, -0.2) is 12.8 Å². The predicted molar refractivity (Wildman–Crippen MR) is 90.2 cm³/mol. The summed E-state index contributed by atoms with van der Waals surface area (Å²) in [5.41, 5.74) is 1.46. The first-order valence-electron chi connectivity index (χ1n) is 8.61. The van der Waals surface area contributed by atoms with Crippen LogP contribution in [0.25, 0.3) is 0 Å². The molecule has 0 radical (unpaired) electrons. The van der Waals surface area contributed by atoms with Gasteiger partial charge in [-0.05, 0) is 30.2 Å². The van der Waals surface area contributed by atoms with E-state index in [4.69, 9.17) is 9.47 Å². The van der Waals surface area contributed by atoms with E-state index in [1.165, 1.54) is 16.4 Å². The summed E-state index contributed by atoms with van der Waals surface area (Å²) < 4.78 is 51.9. The van der Waals surface area contributed by atoms with Crippen LogP contribution in [0.4, 0.5) is 4.39 Å². The topological polar surface area (TPSA) is 59.1 Å². The molecule has 1 aromatic carbocycles. The van der Waals surface area contributed by atoms with Crippen LogP contribution >= 0.6 is 0 Å². The predicted octanol–water partition coefficient (Wildman–Crippen LogP) is 0.748. The van der Waals surface area contributed by atoms with Gasteiger partial charge in [-0.3, -0.25) is 4.90 Å². The van der Waals surface area contributed by atoms with Crippen LogP contribution in [0, 0.1) is 12.7 Å². The highest BCUT2D eigenvalue weighted by Gasteiger charge is 2.46. The van der Waals surface area contributed by atoms with E-state index in [0.717, 1.165) is 5.56 Å². The average Bonchev–Trinajstić information content (AvgIpc) is 2.80. The SMILES string of the molecule is Cc1cc(F)cc(CN2[C@@H]3CN(C4COC4)C[C@@H]3OCCS2(=O)=O)c1. The van der Waals surface area contributed by atoms with Crippen molar-refractivity contribution in [2.75, 3.05) is 38.7 Å². The quantitative estimate of drug-likeness (QED) is 0.786. The Morgan fingerprint density at radius 3 is 2.72 bits per heavy atom. The van der Waals surface area contributed by atoms with E-state index >= 15 is 0 Å². The maximum Gasteiger partial charge on any atom is 0.217 e. The summed E-state index contributed by atoms with van der Waals surface area (Å²) in [4.78, 5) is 2.25. The van der Waals surface area contributed by atoms with Crippen molar-refractivity contribution >= 4 is 10.0 Å². The molecular formula is C17H23FN2O4S. The monoisotopic (exact) mass is 370 g/mol. The number of fused-ring (bicyclic) bond motifs is 1. The molecule has 3 heterocycles. The Kier molecular flexibility index (Phi) is 4.57. The highest BCUT2D eigenvalue weighted by Crippen LogP contribution is 2.29. The van der Waals surface area contributed by atoms with E-state index in [1.54, 1.807) is 0 Å². The Morgan fingerprint density at radius 2 is 2.04 bits per heavy atom. The number of hydrogen-bond donors (Lipinski definition) is 0. The molecule has 0 spiro atoms. The fourth-order valence-electron chi connectivity index (χ4n) is 3.88. The summed E-state index contributed by atoms with van der Waals surface area (Å²) in [7, 11) is -3.45. The van der Waals surface area contributed by atoms with Gasteiger partial charge < -0.3 is 9.47 Å². The number of halogens is 1.